The molecule has 29 heavy (non-hydrogen) atoms. The fourth-order valence-corrected chi connectivity index (χ4v) is 4.90. The molecule has 3 aliphatic heterocycles. The number of hydrogen-bond donors (Lipinski definition) is 1. The molecule has 3 saturated heterocycles. The van der Waals surface area contributed by atoms with E-state index in [4.69, 9.17) is 9.47 Å². The molecule has 0 bridgehead atoms. The summed E-state index contributed by atoms with van der Waals surface area (Å²) in [6, 6.07) is 4.77. The molecule has 0 saturated carbocycles. The van der Waals surface area contributed by atoms with Gasteiger partial charge in [0.1, 0.15) is 0 Å². The van der Waals surface area contributed by atoms with E-state index in [9.17, 15) is 14.7 Å². The van der Waals surface area contributed by atoms with Crippen LogP contribution >= 0.6 is 0 Å². The number of benzene rings is 1. The van der Waals surface area contributed by atoms with Crippen molar-refractivity contribution in [3.05, 3.63) is 23.8 Å². The van der Waals surface area contributed by atoms with Crippen LogP contribution in [0.4, 0.5) is 0 Å². The van der Waals surface area contributed by atoms with Crippen LogP contribution in [0, 0.1) is 5.41 Å². The van der Waals surface area contributed by atoms with Crippen molar-refractivity contribution in [3.8, 4) is 11.5 Å². The van der Waals surface area contributed by atoms with Crippen molar-refractivity contribution in [1.29, 1.82) is 0 Å². The number of ether oxygens (including phenoxy) is 2. The van der Waals surface area contributed by atoms with Crippen LogP contribution in [0.5, 0.6) is 11.5 Å². The van der Waals surface area contributed by atoms with Gasteiger partial charge in [0.05, 0.1) is 13.2 Å². The maximum atomic E-state index is 12.9. The first-order chi connectivity index (χ1) is 14.0. The van der Waals surface area contributed by atoms with Crippen LogP contribution < -0.4 is 4.74 Å². The first-order valence-corrected chi connectivity index (χ1v) is 10.6. The second-order valence-electron chi connectivity index (χ2n) is 8.59. The number of piperidine rings is 2. The van der Waals surface area contributed by atoms with Crippen molar-refractivity contribution in [2.45, 2.75) is 44.6 Å². The van der Waals surface area contributed by atoms with E-state index in [1.165, 1.54) is 13.2 Å². The van der Waals surface area contributed by atoms with E-state index in [0.717, 1.165) is 45.3 Å². The van der Waals surface area contributed by atoms with Gasteiger partial charge < -0.3 is 24.4 Å². The molecule has 1 N–H and O–H groups in total. The molecule has 0 radical (unpaired) electrons. The van der Waals surface area contributed by atoms with Gasteiger partial charge in [0, 0.05) is 44.8 Å². The van der Waals surface area contributed by atoms with Crippen molar-refractivity contribution >= 4 is 11.8 Å². The molecule has 0 unspecified atom stereocenters. The second-order valence-corrected chi connectivity index (χ2v) is 8.59. The van der Waals surface area contributed by atoms with Crippen LogP contribution in [-0.2, 0) is 9.53 Å². The van der Waals surface area contributed by atoms with Crippen molar-refractivity contribution in [3.63, 3.8) is 0 Å². The number of rotatable bonds is 4. The molecule has 158 valence electrons. The third kappa shape index (κ3) is 4.20. The SMILES string of the molecule is COc1ccc(C(=O)N2CCC3(CCC(=O)N(C[C@@H]4CCCO4)C3)CC2)cc1O. The highest BCUT2D eigenvalue weighted by Gasteiger charge is 2.42. The third-order valence-electron chi connectivity index (χ3n) is 6.73. The summed E-state index contributed by atoms with van der Waals surface area (Å²) in [5.41, 5.74) is 0.573. The molecule has 3 aliphatic rings. The lowest BCUT2D eigenvalue weighted by Gasteiger charge is -2.47. The number of methoxy groups -OCH3 is 1. The summed E-state index contributed by atoms with van der Waals surface area (Å²) in [5, 5.41) is 9.96. The molecule has 3 heterocycles. The van der Waals surface area contributed by atoms with Crippen LogP contribution in [-0.4, -0.2) is 72.7 Å². The lowest BCUT2D eigenvalue weighted by molar-refractivity contribution is -0.141. The minimum atomic E-state index is -0.0686. The molecular weight excluding hydrogens is 372 g/mol. The predicted octanol–water partition coefficient (Wildman–Crippen LogP) is 2.42. The largest absolute Gasteiger partial charge is 0.504 e. The van der Waals surface area contributed by atoms with Gasteiger partial charge >= 0.3 is 0 Å². The number of hydrogen-bond acceptors (Lipinski definition) is 5. The van der Waals surface area contributed by atoms with Crippen molar-refractivity contribution in [1.82, 2.24) is 9.80 Å². The molecule has 3 fully saturated rings. The van der Waals surface area contributed by atoms with E-state index in [0.29, 0.717) is 37.4 Å². The zero-order chi connectivity index (χ0) is 20.4. The van der Waals surface area contributed by atoms with Crippen molar-refractivity contribution in [2.75, 3.05) is 39.9 Å². The zero-order valence-electron chi connectivity index (χ0n) is 17.1. The second kappa shape index (κ2) is 8.22. The highest BCUT2D eigenvalue weighted by atomic mass is 16.5. The average molecular weight is 402 g/mol. The fourth-order valence-electron chi connectivity index (χ4n) is 4.90. The van der Waals surface area contributed by atoms with Gasteiger partial charge in [-0.3, -0.25) is 9.59 Å². The van der Waals surface area contributed by atoms with Crippen LogP contribution in [0.25, 0.3) is 0 Å². The van der Waals surface area contributed by atoms with Gasteiger partial charge in [-0.1, -0.05) is 0 Å². The maximum Gasteiger partial charge on any atom is 0.253 e. The average Bonchev–Trinajstić information content (AvgIpc) is 3.24. The minimum Gasteiger partial charge on any atom is -0.504 e. The number of aromatic hydroxyl groups is 1. The predicted molar refractivity (Wildman–Crippen MR) is 107 cm³/mol. The van der Waals surface area contributed by atoms with E-state index < -0.39 is 0 Å². The number of carbonyl (C=O) groups is 2. The molecule has 4 rings (SSSR count). The minimum absolute atomic E-state index is 0.0256. The van der Waals surface area contributed by atoms with Gasteiger partial charge in [0.25, 0.3) is 5.91 Å². The zero-order valence-corrected chi connectivity index (χ0v) is 17.1. The summed E-state index contributed by atoms with van der Waals surface area (Å²) in [4.78, 5) is 29.1. The van der Waals surface area contributed by atoms with Crippen LogP contribution in [0.15, 0.2) is 18.2 Å². The molecule has 7 heteroatoms. The Bertz CT molecular complexity index is 766. The van der Waals surface area contributed by atoms with Gasteiger partial charge in [-0.2, -0.15) is 0 Å². The summed E-state index contributed by atoms with van der Waals surface area (Å²) in [7, 11) is 1.48. The summed E-state index contributed by atoms with van der Waals surface area (Å²) < 4.78 is 10.8. The molecule has 2 amide bonds. The van der Waals surface area contributed by atoms with Crippen LogP contribution in [0.2, 0.25) is 0 Å². The van der Waals surface area contributed by atoms with Gasteiger partial charge in [-0.25, -0.2) is 0 Å². The van der Waals surface area contributed by atoms with Crippen molar-refractivity contribution in [2.24, 2.45) is 5.41 Å². The molecule has 1 aromatic rings. The Balaban J connectivity index is 1.37. The highest BCUT2D eigenvalue weighted by Crippen LogP contribution is 2.41. The van der Waals surface area contributed by atoms with E-state index in [1.54, 1.807) is 12.1 Å². The van der Waals surface area contributed by atoms with Crippen LogP contribution in [0.3, 0.4) is 0 Å². The van der Waals surface area contributed by atoms with Gasteiger partial charge in [-0.15, -0.1) is 0 Å². The van der Waals surface area contributed by atoms with Gasteiger partial charge in [0.15, 0.2) is 11.5 Å². The molecule has 1 spiro atoms. The monoisotopic (exact) mass is 402 g/mol. The Hall–Kier alpha value is -2.28. The van der Waals surface area contributed by atoms with Crippen molar-refractivity contribution < 1.29 is 24.2 Å². The lowest BCUT2D eigenvalue weighted by Crippen LogP contribution is -2.53. The number of phenolic OH excluding ortho intramolecular Hbond substituents is 1. The first kappa shape index (κ1) is 20.0. The number of phenols is 1. The summed E-state index contributed by atoms with van der Waals surface area (Å²) in [6.45, 7) is 3.63. The smallest absolute Gasteiger partial charge is 0.253 e. The number of likely N-dealkylation sites (tertiary alicyclic amines) is 2. The van der Waals surface area contributed by atoms with Crippen LogP contribution in [0.1, 0.15) is 48.9 Å². The molecular formula is C22H30N2O5. The van der Waals surface area contributed by atoms with E-state index in [-0.39, 0.29) is 29.1 Å². The Labute approximate surface area is 171 Å². The Kier molecular flexibility index (Phi) is 5.67. The molecule has 7 nitrogen and oxygen atoms in total. The third-order valence-corrected chi connectivity index (χ3v) is 6.73. The molecule has 0 aromatic heterocycles. The summed E-state index contributed by atoms with van der Waals surface area (Å²) in [6.07, 6.45) is 5.58. The number of nitrogens with zero attached hydrogens (tertiary/aromatic N) is 2. The summed E-state index contributed by atoms with van der Waals surface area (Å²) >= 11 is 0. The quantitative estimate of drug-likeness (QED) is 0.837. The maximum absolute atomic E-state index is 12.9. The summed E-state index contributed by atoms with van der Waals surface area (Å²) in [5.74, 6) is 0.499. The van der Waals surface area contributed by atoms with E-state index >= 15 is 0 Å². The number of amides is 2. The Morgan fingerprint density at radius 2 is 2.10 bits per heavy atom. The Morgan fingerprint density at radius 3 is 2.76 bits per heavy atom. The number of carbonyl (C=O) groups excluding carboxylic acids is 2. The Morgan fingerprint density at radius 1 is 1.31 bits per heavy atom. The fraction of sp³-hybridized carbons (Fsp3) is 0.636. The highest BCUT2D eigenvalue weighted by molar-refractivity contribution is 5.95. The normalized spacial score (nSPS) is 24.2. The molecule has 0 aliphatic carbocycles. The first-order valence-electron chi connectivity index (χ1n) is 10.6. The topological polar surface area (TPSA) is 79.3 Å². The lowest BCUT2D eigenvalue weighted by atomic mass is 9.72. The standard InChI is InChI=1S/C22H30N2O5/c1-28-19-5-4-16(13-18(19)25)21(27)23-10-8-22(9-11-23)7-6-20(26)24(15-22)14-17-3-2-12-29-17/h4-5,13,17,25H,2-3,6-12,14-15H2,1H3/t17-/m0/s1. The van der Waals surface area contributed by atoms with Gasteiger partial charge in [-0.05, 0) is 55.7 Å². The molecule has 1 aromatic carbocycles. The van der Waals surface area contributed by atoms with Gasteiger partial charge in [0.2, 0.25) is 5.91 Å². The van der Waals surface area contributed by atoms with E-state index in [1.807, 2.05) is 9.80 Å². The molecule has 1 atom stereocenters. The van der Waals surface area contributed by atoms with E-state index in [2.05, 4.69) is 0 Å².